The van der Waals surface area contributed by atoms with E-state index in [0.29, 0.717) is 40.6 Å². The molecule has 0 saturated heterocycles. The number of alkyl halides is 3. The molecule has 0 radical (unpaired) electrons. The number of methoxy groups -OCH3 is 1. The Hall–Kier alpha value is -3.88. The fourth-order valence-electron chi connectivity index (χ4n) is 3.59. The number of aryl methyl sites for hydroxylation is 1. The van der Waals surface area contributed by atoms with Crippen LogP contribution in [0.4, 0.5) is 13.2 Å². The molecule has 2 heterocycles. The van der Waals surface area contributed by atoms with Crippen molar-refractivity contribution in [3.05, 3.63) is 89.1 Å². The number of fused-ring (bicyclic) bond motifs is 1. The minimum Gasteiger partial charge on any atom is -0.496 e. The largest absolute Gasteiger partial charge is 0.496 e. The van der Waals surface area contributed by atoms with Gasteiger partial charge in [-0.1, -0.05) is 42.5 Å². The number of hydrogen-bond acceptors (Lipinski definition) is 5. The van der Waals surface area contributed by atoms with Crippen molar-refractivity contribution in [2.75, 3.05) is 7.11 Å². The molecule has 0 N–H and O–H groups in total. The van der Waals surface area contributed by atoms with Crippen LogP contribution in [-0.4, -0.2) is 26.9 Å². The number of halogens is 3. The summed E-state index contributed by atoms with van der Waals surface area (Å²) in [6.45, 7) is 3.98. The minimum absolute atomic E-state index is 0.357. The Morgan fingerprint density at radius 2 is 1.74 bits per heavy atom. The van der Waals surface area contributed by atoms with E-state index in [2.05, 4.69) is 15.1 Å². The summed E-state index contributed by atoms with van der Waals surface area (Å²) in [5.74, 6) is 0.844. The first-order valence-corrected chi connectivity index (χ1v) is 10.6. The zero-order valence-corrected chi connectivity index (χ0v) is 18.9. The quantitative estimate of drug-likeness (QED) is 0.313. The molecule has 6 nitrogen and oxygen atoms in total. The Labute approximate surface area is 194 Å². The second kappa shape index (κ2) is 9.54. The van der Waals surface area contributed by atoms with E-state index in [1.165, 1.54) is 19.2 Å². The molecule has 4 rings (SSSR count). The summed E-state index contributed by atoms with van der Waals surface area (Å²) in [7, 11) is 1.51. The summed E-state index contributed by atoms with van der Waals surface area (Å²) in [6, 6.07) is 14.4. The fraction of sp³-hybridized carbons (Fsp3) is 0.240. The summed E-state index contributed by atoms with van der Waals surface area (Å²) < 4.78 is 51.7. The van der Waals surface area contributed by atoms with Crippen LogP contribution in [0.1, 0.15) is 41.2 Å². The highest BCUT2D eigenvalue weighted by atomic mass is 19.4. The molecule has 0 aliphatic heterocycles. The Bertz CT molecular complexity index is 1300. The van der Waals surface area contributed by atoms with E-state index in [1.807, 2.05) is 37.3 Å². The maximum Gasteiger partial charge on any atom is 0.416 e. The Kier molecular flexibility index (Phi) is 6.54. The summed E-state index contributed by atoms with van der Waals surface area (Å²) in [5.41, 5.74) is 2.02. The van der Waals surface area contributed by atoms with Crippen LogP contribution in [0.2, 0.25) is 0 Å². The number of ether oxygens (including phenoxy) is 2. The van der Waals surface area contributed by atoms with Gasteiger partial charge in [-0.3, -0.25) is 0 Å². The van der Waals surface area contributed by atoms with Gasteiger partial charge in [0.1, 0.15) is 23.5 Å². The van der Waals surface area contributed by atoms with Gasteiger partial charge in [0.25, 0.3) is 0 Å². The second-order valence-electron chi connectivity index (χ2n) is 7.70. The molecule has 0 bridgehead atoms. The van der Waals surface area contributed by atoms with Crippen LogP contribution < -0.4 is 4.74 Å². The average Bonchev–Trinajstić information content (AvgIpc) is 3.19. The van der Waals surface area contributed by atoms with Crippen LogP contribution in [0.25, 0.3) is 17.1 Å². The van der Waals surface area contributed by atoms with Crippen LogP contribution in [0.5, 0.6) is 5.88 Å². The van der Waals surface area contributed by atoms with E-state index < -0.39 is 17.8 Å². The summed E-state index contributed by atoms with van der Waals surface area (Å²) in [6.07, 6.45) is -1.15. The van der Waals surface area contributed by atoms with Gasteiger partial charge < -0.3 is 9.47 Å². The molecule has 4 aromatic rings. The van der Waals surface area contributed by atoms with E-state index >= 15 is 0 Å². The summed E-state index contributed by atoms with van der Waals surface area (Å²) in [4.78, 5) is 8.89. The van der Waals surface area contributed by atoms with Gasteiger partial charge >= 0.3 is 6.18 Å². The number of nitrogens with zero attached hydrogens (tertiary/aromatic N) is 4. The second-order valence-corrected chi connectivity index (χ2v) is 7.70. The zero-order valence-electron chi connectivity index (χ0n) is 18.9. The van der Waals surface area contributed by atoms with Crippen molar-refractivity contribution in [2.24, 2.45) is 0 Å². The van der Waals surface area contributed by atoms with Crippen LogP contribution in [0, 0.1) is 6.92 Å². The molecule has 0 spiro atoms. The van der Waals surface area contributed by atoms with Crippen molar-refractivity contribution in [1.82, 2.24) is 19.7 Å². The third-order valence-corrected chi connectivity index (χ3v) is 5.35. The van der Waals surface area contributed by atoms with Crippen LogP contribution >= 0.6 is 0 Å². The third kappa shape index (κ3) is 4.88. The fourth-order valence-corrected chi connectivity index (χ4v) is 3.59. The minimum atomic E-state index is -4.39. The lowest BCUT2D eigenvalue weighted by atomic mass is 10.1. The molecular weight excluding hydrogens is 445 g/mol. The van der Waals surface area contributed by atoms with E-state index in [4.69, 9.17) is 9.47 Å². The summed E-state index contributed by atoms with van der Waals surface area (Å²) in [5, 5.41) is 5.27. The van der Waals surface area contributed by atoms with Crippen molar-refractivity contribution >= 4 is 17.1 Å². The molecule has 1 atom stereocenters. The highest BCUT2D eigenvalue weighted by Gasteiger charge is 2.30. The molecule has 9 heteroatoms. The van der Waals surface area contributed by atoms with Crippen LogP contribution in [0.3, 0.4) is 0 Å². The zero-order chi connectivity index (χ0) is 24.3. The monoisotopic (exact) mass is 468 g/mol. The first kappa shape index (κ1) is 23.3. The lowest BCUT2D eigenvalue weighted by molar-refractivity contribution is -0.137. The van der Waals surface area contributed by atoms with Gasteiger partial charge in [0.05, 0.1) is 25.0 Å². The standard InChI is InChI=1S/C25H23F3N4O2/c1-16(19-9-11-20(12-10-19)25(26,27)28)32-23-22(24(33-3)30-17(2)29-23)21(31-32)13-14-34-15-18-7-5-4-6-8-18/h4-14,16H,15H2,1-3H3/b14-13-. The Balaban J connectivity index is 1.69. The lowest BCUT2D eigenvalue weighted by Crippen LogP contribution is -2.11. The smallest absolute Gasteiger partial charge is 0.416 e. The highest BCUT2D eigenvalue weighted by Crippen LogP contribution is 2.33. The van der Waals surface area contributed by atoms with Crippen LogP contribution in [-0.2, 0) is 17.5 Å². The van der Waals surface area contributed by atoms with E-state index in [1.54, 1.807) is 23.9 Å². The number of benzene rings is 2. The Morgan fingerprint density at radius 3 is 2.38 bits per heavy atom. The molecule has 0 aliphatic carbocycles. The predicted octanol–water partition coefficient (Wildman–Crippen LogP) is 5.96. The predicted molar refractivity (Wildman–Crippen MR) is 122 cm³/mol. The van der Waals surface area contributed by atoms with Crippen molar-refractivity contribution < 1.29 is 22.6 Å². The van der Waals surface area contributed by atoms with Gasteiger partial charge in [-0.05, 0) is 37.1 Å². The first-order valence-electron chi connectivity index (χ1n) is 10.6. The molecular formula is C25H23F3N4O2. The molecule has 2 aromatic carbocycles. The Morgan fingerprint density at radius 1 is 1.03 bits per heavy atom. The molecule has 0 aliphatic rings. The molecule has 0 saturated carbocycles. The lowest BCUT2D eigenvalue weighted by Gasteiger charge is -2.15. The normalized spacial score (nSPS) is 12.9. The molecule has 176 valence electrons. The topological polar surface area (TPSA) is 62.1 Å². The van der Waals surface area contributed by atoms with Crippen molar-refractivity contribution in [3.8, 4) is 5.88 Å². The highest BCUT2D eigenvalue weighted by molar-refractivity contribution is 5.89. The number of aromatic nitrogens is 4. The number of rotatable bonds is 7. The van der Waals surface area contributed by atoms with Gasteiger partial charge in [-0.25, -0.2) is 9.67 Å². The van der Waals surface area contributed by atoms with Crippen molar-refractivity contribution in [1.29, 1.82) is 0 Å². The van der Waals surface area contributed by atoms with Gasteiger partial charge in [-0.15, -0.1) is 0 Å². The first-order chi connectivity index (χ1) is 16.3. The van der Waals surface area contributed by atoms with Crippen molar-refractivity contribution in [3.63, 3.8) is 0 Å². The van der Waals surface area contributed by atoms with Gasteiger partial charge in [-0.2, -0.15) is 23.3 Å². The molecule has 34 heavy (non-hydrogen) atoms. The van der Waals surface area contributed by atoms with Crippen LogP contribution in [0.15, 0.2) is 60.9 Å². The average molecular weight is 468 g/mol. The van der Waals surface area contributed by atoms with E-state index in [-0.39, 0.29) is 0 Å². The molecule has 1 unspecified atom stereocenters. The summed E-state index contributed by atoms with van der Waals surface area (Å²) >= 11 is 0. The van der Waals surface area contributed by atoms with E-state index in [0.717, 1.165) is 17.7 Å². The SMILES string of the molecule is COc1nc(C)nc2c1c(/C=C\OCc1ccccc1)nn2C(C)c1ccc(C(F)(F)F)cc1. The maximum atomic E-state index is 13.0. The molecule has 0 fully saturated rings. The maximum absolute atomic E-state index is 13.0. The third-order valence-electron chi connectivity index (χ3n) is 5.35. The van der Waals surface area contributed by atoms with Gasteiger partial charge in [0.2, 0.25) is 5.88 Å². The van der Waals surface area contributed by atoms with Gasteiger partial charge in [0, 0.05) is 6.08 Å². The number of hydrogen-bond donors (Lipinski definition) is 0. The van der Waals surface area contributed by atoms with Crippen molar-refractivity contribution in [2.45, 2.75) is 32.7 Å². The molecule has 0 amide bonds. The molecule has 2 aromatic heterocycles. The van der Waals surface area contributed by atoms with E-state index in [9.17, 15) is 13.2 Å². The van der Waals surface area contributed by atoms with Gasteiger partial charge in [0.15, 0.2) is 5.65 Å².